The Bertz CT molecular complexity index is 1170. The molecule has 1 amide bonds. The molecule has 32 heavy (non-hydrogen) atoms. The molecular formula is C24H22FN3O3S. The lowest BCUT2D eigenvalue weighted by molar-refractivity contribution is -0.136. The lowest BCUT2D eigenvalue weighted by atomic mass is 9.91. The van der Waals surface area contributed by atoms with Gasteiger partial charge in [0.25, 0.3) is 0 Å². The van der Waals surface area contributed by atoms with Crippen LogP contribution in [-0.2, 0) is 14.3 Å². The summed E-state index contributed by atoms with van der Waals surface area (Å²) in [6, 6.07) is 13.0. The second-order valence-corrected chi connectivity index (χ2v) is 8.31. The molecule has 0 aromatic heterocycles. The maximum absolute atomic E-state index is 13.2. The van der Waals surface area contributed by atoms with Crippen molar-refractivity contribution >= 4 is 34.5 Å². The van der Waals surface area contributed by atoms with Gasteiger partial charge in [0.1, 0.15) is 5.82 Å². The number of carbonyl (C=O) groups is 2. The van der Waals surface area contributed by atoms with Crippen molar-refractivity contribution in [3.8, 4) is 0 Å². The predicted octanol–water partition coefficient (Wildman–Crippen LogP) is 4.91. The summed E-state index contributed by atoms with van der Waals surface area (Å²) in [4.78, 5) is 32.0. The van der Waals surface area contributed by atoms with Crippen LogP contribution in [0.3, 0.4) is 0 Å². The summed E-state index contributed by atoms with van der Waals surface area (Å²) in [7, 11) is 1.35. The highest BCUT2D eigenvalue weighted by molar-refractivity contribution is 8.16. The van der Waals surface area contributed by atoms with Crippen LogP contribution in [0.2, 0.25) is 0 Å². The Morgan fingerprint density at radius 1 is 1.16 bits per heavy atom. The van der Waals surface area contributed by atoms with Crippen molar-refractivity contribution in [2.75, 3.05) is 12.4 Å². The second-order valence-electron chi connectivity index (χ2n) is 7.47. The molecule has 0 radical (unpaired) electrons. The maximum atomic E-state index is 13.2. The number of carbonyl (C=O) groups excluding carboxylic acids is 2. The van der Waals surface area contributed by atoms with Gasteiger partial charge in [-0.15, -0.1) is 0 Å². The Morgan fingerprint density at radius 3 is 2.56 bits per heavy atom. The highest BCUT2D eigenvalue weighted by Crippen LogP contribution is 2.45. The van der Waals surface area contributed by atoms with Gasteiger partial charge in [0.15, 0.2) is 5.17 Å². The quantitative estimate of drug-likeness (QED) is 0.654. The van der Waals surface area contributed by atoms with Crippen molar-refractivity contribution < 1.29 is 18.7 Å². The summed E-state index contributed by atoms with van der Waals surface area (Å²) in [6.45, 7) is 3.78. The number of anilines is 1. The van der Waals surface area contributed by atoms with Crippen LogP contribution in [0.25, 0.3) is 0 Å². The summed E-state index contributed by atoms with van der Waals surface area (Å²) >= 11 is 1.41. The smallest absolute Gasteiger partial charge is 0.338 e. The van der Waals surface area contributed by atoms with Gasteiger partial charge >= 0.3 is 5.97 Å². The molecule has 0 saturated carbocycles. The number of nitrogens with one attached hydrogen (secondary N) is 1. The highest BCUT2D eigenvalue weighted by atomic mass is 32.2. The number of thioether (sulfide) groups is 1. The van der Waals surface area contributed by atoms with E-state index in [2.05, 4.69) is 10.3 Å². The van der Waals surface area contributed by atoms with E-state index in [4.69, 9.17) is 4.74 Å². The van der Waals surface area contributed by atoms with Crippen molar-refractivity contribution in [3.63, 3.8) is 0 Å². The van der Waals surface area contributed by atoms with E-state index in [9.17, 15) is 14.0 Å². The van der Waals surface area contributed by atoms with Gasteiger partial charge in [-0.3, -0.25) is 4.79 Å². The third-order valence-corrected chi connectivity index (χ3v) is 6.25. The van der Waals surface area contributed by atoms with Gasteiger partial charge in [0.05, 0.1) is 30.8 Å². The van der Waals surface area contributed by atoms with Crippen molar-refractivity contribution in [3.05, 3.63) is 87.9 Å². The third kappa shape index (κ3) is 4.18. The zero-order valence-electron chi connectivity index (χ0n) is 17.9. The van der Waals surface area contributed by atoms with Crippen LogP contribution in [0.15, 0.2) is 75.9 Å². The Labute approximate surface area is 189 Å². The van der Waals surface area contributed by atoms with Crippen LogP contribution in [-0.4, -0.2) is 29.1 Å². The monoisotopic (exact) mass is 451 g/mol. The van der Waals surface area contributed by atoms with Gasteiger partial charge in [0, 0.05) is 11.4 Å². The number of allylic oxidation sites excluding steroid dienone is 1. The van der Waals surface area contributed by atoms with E-state index in [0.29, 0.717) is 22.1 Å². The van der Waals surface area contributed by atoms with Gasteiger partial charge in [-0.1, -0.05) is 36.0 Å². The highest BCUT2D eigenvalue weighted by Gasteiger charge is 2.41. The molecule has 2 aromatic carbocycles. The van der Waals surface area contributed by atoms with E-state index in [1.54, 1.807) is 6.92 Å². The molecule has 2 heterocycles. The summed E-state index contributed by atoms with van der Waals surface area (Å²) in [5.41, 5.74) is 4.21. The van der Waals surface area contributed by atoms with Crippen LogP contribution in [0.5, 0.6) is 0 Å². The summed E-state index contributed by atoms with van der Waals surface area (Å²) in [5.74, 6) is -1.07. The van der Waals surface area contributed by atoms with Gasteiger partial charge in [-0.2, -0.15) is 0 Å². The minimum absolute atomic E-state index is 0.0687. The van der Waals surface area contributed by atoms with Gasteiger partial charge in [-0.05, 0) is 54.6 Å². The van der Waals surface area contributed by atoms with Crippen LogP contribution in [0.1, 0.15) is 30.5 Å². The fourth-order valence-corrected chi connectivity index (χ4v) is 4.80. The molecule has 0 aliphatic carbocycles. The van der Waals surface area contributed by atoms with Crippen molar-refractivity contribution in [1.29, 1.82) is 0 Å². The standard InChI is InChI=1S/C24H22FN3O3S/c1-14-6-4-5-7-19(14)22-21(23(30)31-3)15(2)26-24-28(22)18(13-32-24)12-20(29)27-17-10-8-16(25)9-11-17/h4-11,13,22H,12H2,1-3H3,(H,27,29). The van der Waals surface area contributed by atoms with Crippen molar-refractivity contribution in [2.45, 2.75) is 26.3 Å². The third-order valence-electron chi connectivity index (χ3n) is 5.36. The average Bonchev–Trinajstić information content (AvgIpc) is 3.16. The molecule has 8 heteroatoms. The number of methoxy groups -OCH3 is 1. The largest absolute Gasteiger partial charge is 0.466 e. The molecule has 0 saturated heterocycles. The first-order valence-corrected chi connectivity index (χ1v) is 10.9. The molecule has 1 atom stereocenters. The number of benzene rings is 2. The SMILES string of the molecule is COC(=O)C1=C(C)N=C2SC=C(CC(=O)Nc3ccc(F)cc3)N2C1c1ccccc1C. The van der Waals surface area contributed by atoms with Crippen LogP contribution in [0, 0.1) is 12.7 Å². The van der Waals surface area contributed by atoms with Gasteiger partial charge in [0.2, 0.25) is 5.91 Å². The molecule has 2 aliphatic heterocycles. The van der Waals surface area contributed by atoms with E-state index in [1.165, 1.54) is 43.1 Å². The summed E-state index contributed by atoms with van der Waals surface area (Å²) in [6.07, 6.45) is 0.0687. The Balaban J connectivity index is 1.67. The molecule has 6 nitrogen and oxygen atoms in total. The summed E-state index contributed by atoms with van der Waals surface area (Å²) in [5, 5.41) is 5.36. The lowest BCUT2D eigenvalue weighted by Crippen LogP contribution is -2.37. The van der Waals surface area contributed by atoms with Crippen molar-refractivity contribution in [2.24, 2.45) is 4.99 Å². The number of amidine groups is 1. The first-order chi connectivity index (χ1) is 15.4. The Hall–Kier alpha value is -3.39. The zero-order valence-corrected chi connectivity index (χ0v) is 18.7. The molecule has 2 aliphatic rings. The lowest BCUT2D eigenvalue weighted by Gasteiger charge is -2.36. The summed E-state index contributed by atoms with van der Waals surface area (Å²) < 4.78 is 18.2. The topological polar surface area (TPSA) is 71.0 Å². The number of rotatable bonds is 5. The molecule has 2 aromatic rings. The molecule has 1 N–H and O–H groups in total. The minimum atomic E-state index is -0.462. The number of aryl methyl sites for hydroxylation is 1. The molecule has 164 valence electrons. The average molecular weight is 452 g/mol. The molecule has 0 bridgehead atoms. The second kappa shape index (κ2) is 9.00. The first kappa shape index (κ1) is 21.8. The number of halogens is 1. The number of esters is 1. The van der Waals surface area contributed by atoms with Crippen LogP contribution < -0.4 is 5.32 Å². The van der Waals surface area contributed by atoms with E-state index in [-0.39, 0.29) is 18.1 Å². The number of aliphatic imine (C=N–C) groups is 1. The van der Waals surface area contributed by atoms with Crippen LogP contribution >= 0.6 is 11.8 Å². The number of hydrogen-bond acceptors (Lipinski definition) is 6. The predicted molar refractivity (Wildman–Crippen MR) is 123 cm³/mol. The first-order valence-electron chi connectivity index (χ1n) is 10.0. The number of fused-ring (bicyclic) bond motifs is 1. The zero-order chi connectivity index (χ0) is 22.8. The van der Waals surface area contributed by atoms with Gasteiger partial charge < -0.3 is 15.0 Å². The van der Waals surface area contributed by atoms with E-state index in [1.807, 2.05) is 41.5 Å². The van der Waals surface area contributed by atoms with E-state index >= 15 is 0 Å². The van der Waals surface area contributed by atoms with E-state index < -0.39 is 12.0 Å². The number of ether oxygens (including phenoxy) is 1. The van der Waals surface area contributed by atoms with Gasteiger partial charge in [-0.25, -0.2) is 14.2 Å². The minimum Gasteiger partial charge on any atom is -0.466 e. The fraction of sp³-hybridized carbons (Fsp3) is 0.208. The molecule has 0 fully saturated rings. The molecule has 1 unspecified atom stereocenters. The van der Waals surface area contributed by atoms with E-state index in [0.717, 1.165) is 16.8 Å². The number of hydrogen-bond donors (Lipinski definition) is 1. The normalized spacial score (nSPS) is 17.5. The molecular weight excluding hydrogens is 429 g/mol. The molecule has 4 rings (SSSR count). The number of nitrogens with zero attached hydrogens (tertiary/aromatic N) is 2. The maximum Gasteiger partial charge on any atom is 0.338 e. The van der Waals surface area contributed by atoms with Crippen LogP contribution in [0.4, 0.5) is 10.1 Å². The number of amides is 1. The Morgan fingerprint density at radius 2 is 1.88 bits per heavy atom. The Kier molecular flexibility index (Phi) is 6.14. The molecule has 0 spiro atoms. The van der Waals surface area contributed by atoms with Crippen molar-refractivity contribution in [1.82, 2.24) is 4.90 Å². The fourth-order valence-electron chi connectivity index (χ4n) is 3.83.